The predicted octanol–water partition coefficient (Wildman–Crippen LogP) is 0.622. The molecule has 5 rings (SSSR count). The van der Waals surface area contributed by atoms with E-state index in [1.54, 1.807) is 12.1 Å². The molecule has 0 saturated carbocycles. The smallest absolute Gasteiger partial charge is 0.273 e. The number of anilines is 1. The molecule has 0 aliphatic carbocycles. The molecule has 6 nitrogen and oxygen atoms in total. The van der Waals surface area contributed by atoms with Crippen LogP contribution in [0.15, 0.2) is 29.4 Å². The van der Waals surface area contributed by atoms with Gasteiger partial charge in [-0.3, -0.25) is 4.79 Å². The molecule has 0 aromatic heterocycles. The van der Waals surface area contributed by atoms with Gasteiger partial charge in [-0.1, -0.05) is 19.1 Å². The Morgan fingerprint density at radius 1 is 1.26 bits per heavy atom. The third-order valence-corrected chi connectivity index (χ3v) is 5.32. The molecular weight excluding hydrogens is 290 g/mol. The summed E-state index contributed by atoms with van der Waals surface area (Å²) in [7, 11) is 0. The number of nitrogen functional groups attached to an aromatic ring is 1. The Bertz CT molecular complexity index is 655. The van der Waals surface area contributed by atoms with Crippen molar-refractivity contribution in [3.8, 4) is 0 Å². The molecule has 2 atom stereocenters. The van der Waals surface area contributed by atoms with E-state index in [0.717, 1.165) is 45.0 Å². The predicted molar refractivity (Wildman–Crippen MR) is 90.2 cm³/mol. The Hall–Kier alpha value is -1.92. The summed E-state index contributed by atoms with van der Waals surface area (Å²) in [5.41, 5.74) is 10.8. The van der Waals surface area contributed by atoms with Crippen molar-refractivity contribution in [3.63, 3.8) is 0 Å². The molecule has 6 heteroatoms. The van der Waals surface area contributed by atoms with Crippen LogP contribution in [0.5, 0.6) is 0 Å². The number of fused-ring (bicyclic) bond motifs is 1. The van der Waals surface area contributed by atoms with Crippen LogP contribution in [-0.2, 0) is 0 Å². The molecule has 23 heavy (non-hydrogen) atoms. The number of amides is 1. The maximum Gasteiger partial charge on any atom is 0.273 e. The molecule has 4 bridgehead atoms. The minimum absolute atomic E-state index is 0.0349. The van der Waals surface area contributed by atoms with Crippen molar-refractivity contribution < 1.29 is 4.79 Å². The molecule has 4 fully saturated rings. The van der Waals surface area contributed by atoms with Crippen LogP contribution in [0, 0.1) is 11.3 Å². The number of nitrogens with two attached hydrogens (primary N) is 1. The SMILES string of the molecule is CC12CN3CCN(CC(C3)C1=NNC(=O)c1ccccc1N)C2. The van der Waals surface area contributed by atoms with Crippen LogP contribution < -0.4 is 11.2 Å². The molecule has 1 aromatic carbocycles. The first-order valence-electron chi connectivity index (χ1n) is 8.23. The molecule has 4 aliphatic heterocycles. The number of rotatable bonds is 2. The van der Waals surface area contributed by atoms with Gasteiger partial charge in [0.2, 0.25) is 0 Å². The van der Waals surface area contributed by atoms with Crippen molar-refractivity contribution >= 4 is 17.3 Å². The first-order chi connectivity index (χ1) is 11.0. The summed E-state index contributed by atoms with van der Waals surface area (Å²) < 4.78 is 0. The maximum atomic E-state index is 12.4. The number of hydrogen-bond acceptors (Lipinski definition) is 5. The minimum atomic E-state index is -0.230. The van der Waals surface area contributed by atoms with Crippen molar-refractivity contribution in [2.45, 2.75) is 6.92 Å². The molecule has 122 valence electrons. The van der Waals surface area contributed by atoms with Crippen LogP contribution >= 0.6 is 0 Å². The van der Waals surface area contributed by atoms with Gasteiger partial charge < -0.3 is 15.5 Å². The summed E-state index contributed by atoms with van der Waals surface area (Å²) >= 11 is 0. The largest absolute Gasteiger partial charge is 0.398 e. The van der Waals surface area contributed by atoms with Gasteiger partial charge in [-0.15, -0.1) is 0 Å². The molecule has 1 aromatic rings. The highest BCUT2D eigenvalue weighted by atomic mass is 16.2. The second-order valence-corrected chi connectivity index (χ2v) is 7.25. The highest BCUT2D eigenvalue weighted by molar-refractivity contribution is 6.01. The van der Waals surface area contributed by atoms with Gasteiger partial charge in [0.1, 0.15) is 0 Å². The van der Waals surface area contributed by atoms with Crippen molar-refractivity contribution in [2.24, 2.45) is 16.4 Å². The minimum Gasteiger partial charge on any atom is -0.398 e. The number of nitrogens with one attached hydrogen (secondary N) is 1. The van der Waals surface area contributed by atoms with E-state index >= 15 is 0 Å². The van der Waals surface area contributed by atoms with E-state index in [4.69, 9.17) is 5.73 Å². The number of carbonyl (C=O) groups is 1. The van der Waals surface area contributed by atoms with Gasteiger partial charge in [0.25, 0.3) is 5.91 Å². The molecule has 0 spiro atoms. The average molecular weight is 313 g/mol. The number of nitrogens with zero attached hydrogens (tertiary/aromatic N) is 3. The van der Waals surface area contributed by atoms with Crippen molar-refractivity contribution in [1.29, 1.82) is 0 Å². The van der Waals surface area contributed by atoms with Crippen LogP contribution in [-0.4, -0.2) is 60.7 Å². The Morgan fingerprint density at radius 3 is 2.52 bits per heavy atom. The van der Waals surface area contributed by atoms with E-state index in [-0.39, 0.29) is 11.3 Å². The zero-order chi connectivity index (χ0) is 16.0. The summed E-state index contributed by atoms with van der Waals surface area (Å²) in [5.74, 6) is 0.185. The molecule has 4 saturated heterocycles. The van der Waals surface area contributed by atoms with E-state index in [0.29, 0.717) is 17.2 Å². The second-order valence-electron chi connectivity index (χ2n) is 7.25. The van der Waals surface area contributed by atoms with Crippen molar-refractivity contribution in [2.75, 3.05) is 45.0 Å². The van der Waals surface area contributed by atoms with Crippen molar-refractivity contribution in [3.05, 3.63) is 29.8 Å². The normalized spacial score (nSPS) is 36.9. The standard InChI is InChI=1S/C17H23N5O/c1-17-10-21-6-7-22(11-17)9-12(8-21)15(17)19-20-16(23)13-4-2-3-5-14(13)18/h2-5,12H,6-11,18H2,1H3,(H,20,23). The fourth-order valence-corrected chi connectivity index (χ4v) is 4.40. The van der Waals surface area contributed by atoms with Gasteiger partial charge >= 0.3 is 0 Å². The van der Waals surface area contributed by atoms with Gasteiger partial charge in [-0.05, 0) is 12.1 Å². The average Bonchev–Trinajstić information content (AvgIpc) is 2.74. The van der Waals surface area contributed by atoms with Crippen LogP contribution in [0.3, 0.4) is 0 Å². The van der Waals surface area contributed by atoms with Crippen LogP contribution in [0.25, 0.3) is 0 Å². The Labute approximate surface area is 136 Å². The number of hydrazone groups is 1. The lowest BCUT2D eigenvalue weighted by Crippen LogP contribution is -2.60. The van der Waals surface area contributed by atoms with E-state index in [2.05, 4.69) is 27.3 Å². The zero-order valence-electron chi connectivity index (χ0n) is 13.5. The van der Waals surface area contributed by atoms with Gasteiger partial charge in [-0.25, -0.2) is 5.43 Å². The summed E-state index contributed by atoms with van der Waals surface area (Å²) in [6, 6.07) is 7.10. The monoisotopic (exact) mass is 313 g/mol. The summed E-state index contributed by atoms with van der Waals surface area (Å²) in [5, 5.41) is 4.56. The topological polar surface area (TPSA) is 74.0 Å². The lowest BCUT2D eigenvalue weighted by atomic mass is 9.72. The fraction of sp³-hybridized carbons (Fsp3) is 0.529. The number of hydrogen-bond donors (Lipinski definition) is 2. The summed E-state index contributed by atoms with van der Waals surface area (Å²) in [6.07, 6.45) is 0. The molecule has 3 N–H and O–H groups in total. The van der Waals surface area contributed by atoms with Gasteiger partial charge in [0, 0.05) is 56.3 Å². The fourth-order valence-electron chi connectivity index (χ4n) is 4.40. The number of carbonyl (C=O) groups excluding carboxylic acids is 1. The van der Waals surface area contributed by atoms with Gasteiger partial charge in [0.15, 0.2) is 0 Å². The van der Waals surface area contributed by atoms with Gasteiger partial charge in [-0.2, -0.15) is 5.10 Å². The van der Waals surface area contributed by atoms with Crippen molar-refractivity contribution in [1.82, 2.24) is 15.2 Å². The molecule has 4 aliphatic rings. The molecule has 0 radical (unpaired) electrons. The first-order valence-corrected chi connectivity index (χ1v) is 8.23. The third-order valence-electron chi connectivity index (χ3n) is 5.32. The molecular formula is C17H23N5O. The highest BCUT2D eigenvalue weighted by Gasteiger charge is 2.49. The van der Waals surface area contributed by atoms with Crippen LogP contribution in [0.4, 0.5) is 5.69 Å². The Kier molecular flexibility index (Phi) is 3.39. The first kappa shape index (κ1) is 14.7. The van der Waals surface area contributed by atoms with E-state index in [1.165, 1.54) is 0 Å². The molecule has 4 heterocycles. The number of para-hydroxylation sites is 1. The summed E-state index contributed by atoms with van der Waals surface area (Å²) in [4.78, 5) is 17.4. The summed E-state index contributed by atoms with van der Waals surface area (Å²) in [6.45, 7) is 8.72. The highest BCUT2D eigenvalue weighted by Crippen LogP contribution is 2.38. The lowest BCUT2D eigenvalue weighted by molar-refractivity contribution is 0.0949. The number of piperidine rings is 2. The van der Waals surface area contributed by atoms with E-state index < -0.39 is 0 Å². The maximum absolute atomic E-state index is 12.4. The molecule has 2 unspecified atom stereocenters. The second kappa shape index (κ2) is 5.32. The zero-order valence-corrected chi connectivity index (χ0v) is 13.5. The molecule has 1 amide bonds. The number of benzene rings is 1. The quantitative estimate of drug-likeness (QED) is 0.620. The lowest BCUT2D eigenvalue weighted by Gasteiger charge is -2.48. The Balaban J connectivity index is 1.57. The van der Waals surface area contributed by atoms with E-state index in [9.17, 15) is 4.79 Å². The van der Waals surface area contributed by atoms with Crippen LogP contribution in [0.1, 0.15) is 17.3 Å². The van der Waals surface area contributed by atoms with Gasteiger partial charge in [0.05, 0.1) is 11.3 Å². The van der Waals surface area contributed by atoms with E-state index in [1.807, 2.05) is 12.1 Å². The third kappa shape index (κ3) is 2.52. The van der Waals surface area contributed by atoms with Crippen LogP contribution in [0.2, 0.25) is 0 Å². The Morgan fingerprint density at radius 2 is 1.91 bits per heavy atom.